The molecule has 2 nitrogen and oxygen atoms in total. The quantitative estimate of drug-likeness (QED) is 0.605. The van der Waals surface area contributed by atoms with Crippen LogP contribution in [0.4, 0.5) is 0 Å². The SMILES string of the molecule is COC(=O)C1CCC[C@@H](C(C)(C)C)C1. The maximum absolute atomic E-state index is 11.4. The second-order valence-electron chi connectivity index (χ2n) is 5.45. The topological polar surface area (TPSA) is 26.3 Å². The first kappa shape index (κ1) is 11.5. The predicted octanol–water partition coefficient (Wildman–Crippen LogP) is 3.01. The molecule has 1 aliphatic carbocycles. The van der Waals surface area contributed by atoms with E-state index in [1.807, 2.05) is 0 Å². The van der Waals surface area contributed by atoms with Gasteiger partial charge in [-0.05, 0) is 30.6 Å². The number of ether oxygens (including phenoxy) is 1. The third-order valence-electron chi connectivity index (χ3n) is 3.43. The molecular formula is C12H22O2. The van der Waals surface area contributed by atoms with Gasteiger partial charge in [0.25, 0.3) is 0 Å². The van der Waals surface area contributed by atoms with Crippen molar-refractivity contribution in [2.24, 2.45) is 17.3 Å². The first-order chi connectivity index (χ1) is 6.45. The monoisotopic (exact) mass is 198 g/mol. The molecule has 2 atom stereocenters. The Kier molecular flexibility index (Phi) is 3.57. The number of hydrogen-bond acceptors (Lipinski definition) is 2. The maximum atomic E-state index is 11.4. The van der Waals surface area contributed by atoms with E-state index in [1.54, 1.807) is 0 Å². The smallest absolute Gasteiger partial charge is 0.308 e. The first-order valence-corrected chi connectivity index (χ1v) is 5.53. The second kappa shape index (κ2) is 4.33. The summed E-state index contributed by atoms with van der Waals surface area (Å²) in [5.41, 5.74) is 0.326. The van der Waals surface area contributed by atoms with Crippen molar-refractivity contribution in [3.05, 3.63) is 0 Å². The molecule has 14 heavy (non-hydrogen) atoms. The summed E-state index contributed by atoms with van der Waals surface area (Å²) in [4.78, 5) is 11.4. The van der Waals surface area contributed by atoms with Crippen LogP contribution in [-0.4, -0.2) is 13.1 Å². The summed E-state index contributed by atoms with van der Waals surface area (Å²) >= 11 is 0. The van der Waals surface area contributed by atoms with Crippen LogP contribution in [-0.2, 0) is 9.53 Å². The third-order valence-corrected chi connectivity index (χ3v) is 3.43. The van der Waals surface area contributed by atoms with Gasteiger partial charge in [0.2, 0.25) is 0 Å². The molecule has 0 amide bonds. The summed E-state index contributed by atoms with van der Waals surface area (Å²) < 4.78 is 4.81. The van der Waals surface area contributed by atoms with E-state index in [1.165, 1.54) is 20.0 Å². The van der Waals surface area contributed by atoms with E-state index in [0.29, 0.717) is 11.3 Å². The zero-order valence-electron chi connectivity index (χ0n) is 9.80. The summed E-state index contributed by atoms with van der Waals surface area (Å²) in [5, 5.41) is 0. The van der Waals surface area contributed by atoms with Crippen LogP contribution >= 0.6 is 0 Å². The molecule has 1 unspecified atom stereocenters. The van der Waals surface area contributed by atoms with Crippen molar-refractivity contribution in [2.75, 3.05) is 7.11 Å². The van der Waals surface area contributed by atoms with Gasteiger partial charge in [-0.3, -0.25) is 4.79 Å². The van der Waals surface area contributed by atoms with E-state index in [-0.39, 0.29) is 11.9 Å². The minimum Gasteiger partial charge on any atom is -0.469 e. The van der Waals surface area contributed by atoms with Crippen molar-refractivity contribution in [2.45, 2.75) is 46.5 Å². The van der Waals surface area contributed by atoms with Crippen LogP contribution in [0.2, 0.25) is 0 Å². The van der Waals surface area contributed by atoms with Crippen molar-refractivity contribution in [3.8, 4) is 0 Å². The molecule has 0 aromatic carbocycles. The minimum absolute atomic E-state index is 0.0149. The molecule has 1 rings (SSSR count). The van der Waals surface area contributed by atoms with Crippen LogP contribution in [0.1, 0.15) is 46.5 Å². The van der Waals surface area contributed by atoms with E-state index in [2.05, 4.69) is 20.8 Å². The highest BCUT2D eigenvalue weighted by molar-refractivity contribution is 5.72. The zero-order chi connectivity index (χ0) is 10.8. The van der Waals surface area contributed by atoms with E-state index < -0.39 is 0 Å². The number of carbonyl (C=O) groups excluding carboxylic acids is 1. The average Bonchev–Trinajstić information content (AvgIpc) is 2.15. The molecule has 0 saturated heterocycles. The molecule has 0 radical (unpaired) electrons. The van der Waals surface area contributed by atoms with Gasteiger partial charge < -0.3 is 4.74 Å². The predicted molar refractivity (Wildman–Crippen MR) is 56.9 cm³/mol. The van der Waals surface area contributed by atoms with Crippen molar-refractivity contribution < 1.29 is 9.53 Å². The largest absolute Gasteiger partial charge is 0.469 e. The number of rotatable bonds is 1. The van der Waals surface area contributed by atoms with Gasteiger partial charge in [-0.2, -0.15) is 0 Å². The fourth-order valence-corrected chi connectivity index (χ4v) is 2.36. The van der Waals surface area contributed by atoms with Crippen LogP contribution in [0.25, 0.3) is 0 Å². The first-order valence-electron chi connectivity index (χ1n) is 5.53. The summed E-state index contributed by atoms with van der Waals surface area (Å²) in [7, 11) is 1.49. The van der Waals surface area contributed by atoms with Gasteiger partial charge in [0, 0.05) is 0 Å². The molecule has 0 aliphatic heterocycles. The summed E-state index contributed by atoms with van der Waals surface area (Å²) in [6.45, 7) is 6.78. The highest BCUT2D eigenvalue weighted by Gasteiger charge is 2.33. The van der Waals surface area contributed by atoms with E-state index in [0.717, 1.165) is 12.8 Å². The summed E-state index contributed by atoms with van der Waals surface area (Å²) in [5.74, 6) is 0.803. The fourth-order valence-electron chi connectivity index (χ4n) is 2.36. The minimum atomic E-state index is -0.0149. The zero-order valence-corrected chi connectivity index (χ0v) is 9.80. The molecule has 0 heterocycles. The number of carbonyl (C=O) groups is 1. The molecule has 2 heteroatoms. The second-order valence-corrected chi connectivity index (χ2v) is 5.45. The van der Waals surface area contributed by atoms with Crippen LogP contribution in [0.5, 0.6) is 0 Å². The molecule has 1 saturated carbocycles. The molecular weight excluding hydrogens is 176 g/mol. The van der Waals surface area contributed by atoms with Gasteiger partial charge in [-0.1, -0.05) is 27.2 Å². The molecule has 0 aromatic heterocycles. The van der Waals surface area contributed by atoms with E-state index >= 15 is 0 Å². The molecule has 82 valence electrons. The van der Waals surface area contributed by atoms with Crippen molar-refractivity contribution in [1.82, 2.24) is 0 Å². The molecule has 1 aliphatic rings. The Morgan fingerprint density at radius 1 is 1.29 bits per heavy atom. The van der Waals surface area contributed by atoms with Crippen molar-refractivity contribution in [1.29, 1.82) is 0 Å². The lowest BCUT2D eigenvalue weighted by Gasteiger charge is -2.36. The average molecular weight is 198 g/mol. The van der Waals surface area contributed by atoms with Crippen LogP contribution < -0.4 is 0 Å². The van der Waals surface area contributed by atoms with Crippen LogP contribution in [0, 0.1) is 17.3 Å². The molecule has 0 N–H and O–H groups in total. The summed E-state index contributed by atoms with van der Waals surface area (Å²) in [6, 6.07) is 0. The third kappa shape index (κ3) is 2.73. The summed E-state index contributed by atoms with van der Waals surface area (Å²) in [6.07, 6.45) is 4.45. The molecule has 1 fully saturated rings. The lowest BCUT2D eigenvalue weighted by molar-refractivity contribution is -0.147. The van der Waals surface area contributed by atoms with Gasteiger partial charge in [0.05, 0.1) is 13.0 Å². The maximum Gasteiger partial charge on any atom is 0.308 e. The Balaban J connectivity index is 2.56. The van der Waals surface area contributed by atoms with Gasteiger partial charge in [0.1, 0.15) is 0 Å². The fraction of sp³-hybridized carbons (Fsp3) is 0.917. The van der Waals surface area contributed by atoms with Gasteiger partial charge in [0.15, 0.2) is 0 Å². The molecule has 0 bridgehead atoms. The molecule has 0 aromatic rings. The van der Waals surface area contributed by atoms with Crippen LogP contribution in [0.3, 0.4) is 0 Å². The Bertz CT molecular complexity index is 203. The van der Waals surface area contributed by atoms with Gasteiger partial charge in [-0.15, -0.1) is 0 Å². The van der Waals surface area contributed by atoms with Gasteiger partial charge >= 0.3 is 5.97 Å². The lowest BCUT2D eigenvalue weighted by atomic mass is 9.69. The van der Waals surface area contributed by atoms with Crippen molar-refractivity contribution >= 4 is 5.97 Å². The lowest BCUT2D eigenvalue weighted by Crippen LogP contribution is -2.30. The molecule has 0 spiro atoms. The Morgan fingerprint density at radius 3 is 2.43 bits per heavy atom. The Hall–Kier alpha value is -0.530. The number of hydrogen-bond donors (Lipinski definition) is 0. The standard InChI is InChI=1S/C12H22O2/c1-12(2,3)10-7-5-6-9(8-10)11(13)14-4/h9-10H,5-8H2,1-4H3/t9?,10-/m1/s1. The normalized spacial score (nSPS) is 28.6. The number of esters is 1. The Morgan fingerprint density at radius 2 is 1.93 bits per heavy atom. The Labute approximate surface area is 87.0 Å². The van der Waals surface area contributed by atoms with Crippen molar-refractivity contribution in [3.63, 3.8) is 0 Å². The van der Waals surface area contributed by atoms with E-state index in [4.69, 9.17) is 4.74 Å². The van der Waals surface area contributed by atoms with E-state index in [9.17, 15) is 4.79 Å². The van der Waals surface area contributed by atoms with Crippen LogP contribution in [0.15, 0.2) is 0 Å². The number of methoxy groups -OCH3 is 1. The highest BCUT2D eigenvalue weighted by Crippen LogP contribution is 2.40. The highest BCUT2D eigenvalue weighted by atomic mass is 16.5. The van der Waals surface area contributed by atoms with Gasteiger partial charge in [-0.25, -0.2) is 0 Å².